The Morgan fingerprint density at radius 3 is 2.33 bits per heavy atom. The molecule has 3 rings (SSSR count). The van der Waals surface area contributed by atoms with Crippen LogP contribution in [0.4, 0.5) is 0 Å². The van der Waals surface area contributed by atoms with Crippen LogP contribution in [0.3, 0.4) is 0 Å². The van der Waals surface area contributed by atoms with Gasteiger partial charge in [0.25, 0.3) is 0 Å². The predicted molar refractivity (Wildman–Crippen MR) is 143 cm³/mol. The average Bonchev–Trinajstić information content (AvgIpc) is 2.82. The molecule has 0 spiro atoms. The van der Waals surface area contributed by atoms with Gasteiger partial charge < -0.3 is 9.84 Å². The molecule has 3 aromatic rings. The lowest BCUT2D eigenvalue weighted by atomic mass is 9.92. The van der Waals surface area contributed by atoms with Gasteiger partial charge in [0.15, 0.2) is 6.79 Å². The summed E-state index contributed by atoms with van der Waals surface area (Å²) in [5.74, 6) is 1.21. The molecular weight excluding hydrogens is 425 g/mol. The molecule has 0 heterocycles. The number of aliphatic hydroxyl groups is 1. The van der Waals surface area contributed by atoms with Crippen molar-refractivity contribution in [2.75, 3.05) is 13.8 Å². The maximum Gasteiger partial charge on any atom is 0.186 e. The van der Waals surface area contributed by atoms with Crippen LogP contribution in [0.2, 0.25) is 0 Å². The third-order valence-corrected chi connectivity index (χ3v) is 7.97. The highest BCUT2D eigenvalue weighted by atomic mass is 31.1. The molecule has 0 aliphatic heterocycles. The number of hydrogen-bond donors (Lipinski definition) is 1. The molecule has 1 N–H and O–H groups in total. The molecular formula is C29H36NO2P. The summed E-state index contributed by atoms with van der Waals surface area (Å²) >= 11 is 0. The van der Waals surface area contributed by atoms with Crippen LogP contribution in [0.5, 0.6) is 5.75 Å². The van der Waals surface area contributed by atoms with E-state index in [-0.39, 0.29) is 12.5 Å². The van der Waals surface area contributed by atoms with Crippen LogP contribution in [0.25, 0.3) is 0 Å². The van der Waals surface area contributed by atoms with Crippen molar-refractivity contribution in [1.82, 2.24) is 0 Å². The third kappa shape index (κ3) is 5.72. The van der Waals surface area contributed by atoms with Crippen LogP contribution >= 0.6 is 8.58 Å². The molecule has 0 amide bonds. The molecule has 174 valence electrons. The molecule has 4 heteroatoms. The van der Waals surface area contributed by atoms with E-state index in [0.717, 1.165) is 23.4 Å². The van der Waals surface area contributed by atoms with Crippen molar-refractivity contribution in [1.29, 1.82) is 0 Å². The first-order valence-corrected chi connectivity index (χ1v) is 12.8. The zero-order valence-electron chi connectivity index (χ0n) is 20.6. The van der Waals surface area contributed by atoms with Gasteiger partial charge in [-0.3, -0.25) is 4.99 Å². The summed E-state index contributed by atoms with van der Waals surface area (Å²) in [5.41, 5.74) is 8.43. The second-order valence-electron chi connectivity index (χ2n) is 8.66. The van der Waals surface area contributed by atoms with Crippen LogP contribution in [0.1, 0.15) is 72.1 Å². The first-order chi connectivity index (χ1) is 15.9. The topological polar surface area (TPSA) is 41.8 Å². The van der Waals surface area contributed by atoms with Crippen molar-refractivity contribution in [2.45, 2.75) is 52.6 Å². The lowest BCUT2D eigenvalue weighted by Gasteiger charge is -2.24. The summed E-state index contributed by atoms with van der Waals surface area (Å²) in [6, 6.07) is 21.3. The molecule has 0 fully saturated rings. The second-order valence-corrected chi connectivity index (χ2v) is 10.3. The zero-order chi connectivity index (χ0) is 24.0. The zero-order valence-corrected chi connectivity index (χ0v) is 21.6. The van der Waals surface area contributed by atoms with Crippen molar-refractivity contribution < 1.29 is 9.84 Å². The SMILES string of the molecule is CCC(C)c1cc(C)cc(C(C)Pc2c(C)cccc2/C(=N/C)c2ccccc2)c1OCO. The second kappa shape index (κ2) is 11.6. The Morgan fingerprint density at radius 2 is 1.70 bits per heavy atom. The highest BCUT2D eigenvalue weighted by Gasteiger charge is 2.22. The van der Waals surface area contributed by atoms with Gasteiger partial charge in [-0.2, -0.15) is 0 Å². The number of rotatable bonds is 9. The summed E-state index contributed by atoms with van der Waals surface area (Å²) in [7, 11) is 2.41. The van der Waals surface area contributed by atoms with Gasteiger partial charge in [0, 0.05) is 29.4 Å². The molecule has 3 atom stereocenters. The number of nitrogens with zero attached hydrogens (tertiary/aromatic N) is 1. The lowest BCUT2D eigenvalue weighted by Crippen LogP contribution is -2.17. The smallest absolute Gasteiger partial charge is 0.186 e. The molecule has 3 unspecified atom stereocenters. The van der Waals surface area contributed by atoms with Crippen molar-refractivity contribution >= 4 is 19.6 Å². The standard InChI is InChI=1S/C29H36NO2P/c1-7-20(3)25-16-19(2)17-26(28(25)32-18-31)22(5)33-29-21(4)12-11-15-24(29)27(30-6)23-13-9-8-10-14-23/h8-17,20,22,31,33H,7,18H2,1-6H3/b30-27+. The van der Waals surface area contributed by atoms with Gasteiger partial charge in [-0.05, 0) is 42.6 Å². The highest BCUT2D eigenvalue weighted by molar-refractivity contribution is 7.48. The largest absolute Gasteiger partial charge is 0.467 e. The molecule has 3 aromatic carbocycles. The van der Waals surface area contributed by atoms with Crippen LogP contribution in [0.15, 0.2) is 65.7 Å². The first kappa shape index (κ1) is 25.1. The number of aliphatic imine (C=N–C) groups is 1. The maximum absolute atomic E-state index is 9.65. The van der Waals surface area contributed by atoms with Crippen LogP contribution in [0, 0.1) is 13.8 Å². The summed E-state index contributed by atoms with van der Waals surface area (Å²) in [4.78, 5) is 4.68. The van der Waals surface area contributed by atoms with Crippen LogP contribution in [-0.2, 0) is 0 Å². The molecule has 0 saturated heterocycles. The Kier molecular flexibility index (Phi) is 8.83. The van der Waals surface area contributed by atoms with Crippen molar-refractivity contribution in [2.24, 2.45) is 4.99 Å². The predicted octanol–water partition coefficient (Wildman–Crippen LogP) is 6.68. The van der Waals surface area contributed by atoms with Gasteiger partial charge in [-0.15, -0.1) is 0 Å². The first-order valence-electron chi connectivity index (χ1n) is 11.7. The Balaban J connectivity index is 2.08. The van der Waals surface area contributed by atoms with E-state index in [1.165, 1.54) is 33.1 Å². The van der Waals surface area contributed by atoms with Crippen LogP contribution in [-0.4, -0.2) is 24.7 Å². The molecule has 0 aliphatic carbocycles. The van der Waals surface area contributed by atoms with E-state index in [4.69, 9.17) is 4.74 Å². The summed E-state index contributed by atoms with van der Waals surface area (Å²) in [6.07, 6.45) is 1.02. The quantitative estimate of drug-likeness (QED) is 0.219. The van der Waals surface area contributed by atoms with E-state index in [2.05, 4.69) is 94.2 Å². The number of ether oxygens (including phenoxy) is 1. The summed E-state index contributed by atoms with van der Waals surface area (Å²) in [6.45, 7) is 10.7. The number of aryl methyl sites for hydroxylation is 2. The summed E-state index contributed by atoms with van der Waals surface area (Å²) in [5, 5.41) is 11.0. The number of hydrogen-bond acceptors (Lipinski definition) is 3. The van der Waals surface area contributed by atoms with E-state index in [9.17, 15) is 5.11 Å². The molecule has 0 saturated carbocycles. The van der Waals surface area contributed by atoms with E-state index < -0.39 is 0 Å². The van der Waals surface area contributed by atoms with Crippen molar-refractivity contribution in [3.63, 3.8) is 0 Å². The van der Waals surface area contributed by atoms with Gasteiger partial charge in [-0.1, -0.05) is 95.6 Å². The third-order valence-electron chi connectivity index (χ3n) is 6.27. The molecule has 0 bridgehead atoms. The van der Waals surface area contributed by atoms with E-state index in [1.807, 2.05) is 13.1 Å². The minimum Gasteiger partial charge on any atom is -0.467 e. The Bertz CT molecular complexity index is 1110. The molecule has 0 radical (unpaired) electrons. The monoisotopic (exact) mass is 461 g/mol. The van der Waals surface area contributed by atoms with E-state index in [1.54, 1.807) is 0 Å². The number of aliphatic hydroxyl groups excluding tert-OH is 1. The van der Waals surface area contributed by atoms with Crippen LogP contribution < -0.4 is 10.0 Å². The molecule has 3 nitrogen and oxygen atoms in total. The minimum absolute atomic E-state index is 0.239. The highest BCUT2D eigenvalue weighted by Crippen LogP contribution is 2.44. The van der Waals surface area contributed by atoms with E-state index in [0.29, 0.717) is 14.5 Å². The number of benzene rings is 3. The minimum atomic E-state index is -0.314. The fraction of sp³-hybridized carbons (Fsp3) is 0.345. The van der Waals surface area contributed by atoms with Gasteiger partial charge in [-0.25, -0.2) is 0 Å². The van der Waals surface area contributed by atoms with Gasteiger partial charge in [0.2, 0.25) is 0 Å². The molecule has 0 aromatic heterocycles. The van der Waals surface area contributed by atoms with Crippen molar-refractivity contribution in [3.8, 4) is 5.75 Å². The van der Waals surface area contributed by atoms with E-state index >= 15 is 0 Å². The Hall–Kier alpha value is -2.48. The Labute approximate surface area is 200 Å². The van der Waals surface area contributed by atoms with Crippen molar-refractivity contribution in [3.05, 3.63) is 94.0 Å². The fourth-order valence-corrected chi connectivity index (χ4v) is 5.79. The van der Waals surface area contributed by atoms with Gasteiger partial charge >= 0.3 is 0 Å². The lowest BCUT2D eigenvalue weighted by molar-refractivity contribution is 0.0962. The normalized spacial score (nSPS) is 14.0. The van der Waals surface area contributed by atoms with Gasteiger partial charge in [0.05, 0.1) is 5.71 Å². The Morgan fingerprint density at radius 1 is 1.00 bits per heavy atom. The van der Waals surface area contributed by atoms with Gasteiger partial charge in [0.1, 0.15) is 5.75 Å². The fourth-order valence-electron chi connectivity index (χ4n) is 4.32. The maximum atomic E-state index is 9.65. The average molecular weight is 462 g/mol. The molecule has 33 heavy (non-hydrogen) atoms. The summed E-state index contributed by atoms with van der Waals surface area (Å²) < 4.78 is 5.84. The molecule has 0 aliphatic rings.